The molecule has 3 amide bonds. The molecule has 8 nitrogen and oxygen atoms in total. The summed E-state index contributed by atoms with van der Waals surface area (Å²) in [4.78, 5) is 32.9. The Morgan fingerprint density at radius 1 is 1.11 bits per heavy atom. The Bertz CT molecular complexity index is 348. The molecule has 0 aromatic heterocycles. The second-order valence-electron chi connectivity index (χ2n) is 4.55. The zero-order valence-electron chi connectivity index (χ0n) is 10.6. The van der Waals surface area contributed by atoms with Gasteiger partial charge in [0.15, 0.2) is 0 Å². The third-order valence-corrected chi connectivity index (χ3v) is 2.98. The molecule has 0 saturated heterocycles. The Labute approximate surface area is 111 Å². The van der Waals surface area contributed by atoms with E-state index in [1.54, 1.807) is 0 Å². The number of hydrogen-bond donors (Lipinski definition) is 5. The second-order valence-corrected chi connectivity index (χ2v) is 4.55. The molecule has 1 rings (SSSR count). The molecule has 108 valence electrons. The van der Waals surface area contributed by atoms with Crippen molar-refractivity contribution in [2.45, 2.75) is 37.8 Å². The first kappa shape index (κ1) is 15.2. The van der Waals surface area contributed by atoms with E-state index in [1.165, 1.54) is 0 Å². The molecule has 0 aromatic rings. The third kappa shape index (κ3) is 6.05. The van der Waals surface area contributed by atoms with E-state index in [2.05, 4.69) is 16.0 Å². The molecule has 1 saturated carbocycles. The zero-order valence-corrected chi connectivity index (χ0v) is 10.6. The first-order valence-electron chi connectivity index (χ1n) is 6.27. The predicted octanol–water partition coefficient (Wildman–Crippen LogP) is -1.24. The van der Waals surface area contributed by atoms with Gasteiger partial charge in [0.2, 0.25) is 5.91 Å². The van der Waals surface area contributed by atoms with Gasteiger partial charge in [-0.05, 0) is 12.8 Å². The molecule has 0 spiro atoms. The van der Waals surface area contributed by atoms with Crippen molar-refractivity contribution < 1.29 is 19.5 Å². The van der Waals surface area contributed by atoms with Crippen LogP contribution in [0.15, 0.2) is 0 Å². The number of rotatable bonds is 5. The predicted molar refractivity (Wildman–Crippen MR) is 67.4 cm³/mol. The summed E-state index contributed by atoms with van der Waals surface area (Å²) in [5, 5.41) is 15.6. The van der Waals surface area contributed by atoms with Crippen molar-refractivity contribution in [2.24, 2.45) is 5.73 Å². The zero-order chi connectivity index (χ0) is 14.3. The number of nitrogens with one attached hydrogen (secondary N) is 3. The minimum Gasteiger partial charge on any atom is -0.480 e. The number of carboxylic acid groups (broad SMARTS) is 1. The van der Waals surface area contributed by atoms with E-state index in [0.29, 0.717) is 0 Å². The Balaban J connectivity index is 2.20. The van der Waals surface area contributed by atoms with Crippen LogP contribution in [0.2, 0.25) is 0 Å². The Hall–Kier alpha value is -1.83. The van der Waals surface area contributed by atoms with Crippen LogP contribution in [0.4, 0.5) is 4.79 Å². The standard InChI is InChI=1S/C11H20N4O4/c12-7-3-1-2-4-8(7)15-11(19)14-5-9(16)13-6-10(17)18/h7-8H,1-6,12H2,(H,13,16)(H,17,18)(H2,14,15,19). The maximum atomic E-state index is 11.5. The van der Waals surface area contributed by atoms with Crippen molar-refractivity contribution in [3.8, 4) is 0 Å². The van der Waals surface area contributed by atoms with E-state index < -0.39 is 24.5 Å². The first-order valence-corrected chi connectivity index (χ1v) is 6.27. The highest BCUT2D eigenvalue weighted by Gasteiger charge is 2.23. The van der Waals surface area contributed by atoms with Gasteiger partial charge >= 0.3 is 12.0 Å². The van der Waals surface area contributed by atoms with Gasteiger partial charge in [-0.25, -0.2) is 4.79 Å². The number of carbonyl (C=O) groups excluding carboxylic acids is 2. The largest absolute Gasteiger partial charge is 0.480 e. The number of amides is 3. The van der Waals surface area contributed by atoms with Crippen molar-refractivity contribution in [3.63, 3.8) is 0 Å². The lowest BCUT2D eigenvalue weighted by Gasteiger charge is -2.29. The molecule has 1 aliphatic rings. The maximum Gasteiger partial charge on any atom is 0.322 e. The summed E-state index contributed by atoms with van der Waals surface area (Å²) in [6.07, 6.45) is 3.81. The topological polar surface area (TPSA) is 134 Å². The molecule has 8 heteroatoms. The van der Waals surface area contributed by atoms with Crippen LogP contribution in [-0.4, -0.2) is 48.2 Å². The average molecular weight is 272 g/mol. The highest BCUT2D eigenvalue weighted by Crippen LogP contribution is 2.16. The molecule has 0 radical (unpaired) electrons. The molecule has 1 fully saturated rings. The average Bonchev–Trinajstić information content (AvgIpc) is 2.36. The summed E-state index contributed by atoms with van der Waals surface area (Å²) in [7, 11) is 0. The van der Waals surface area contributed by atoms with Crippen LogP contribution in [0.3, 0.4) is 0 Å². The molecule has 6 N–H and O–H groups in total. The number of aliphatic carboxylic acids is 1. The summed E-state index contributed by atoms with van der Waals surface area (Å²) in [6, 6.07) is -0.594. The van der Waals surface area contributed by atoms with Crippen LogP contribution in [0, 0.1) is 0 Å². The van der Waals surface area contributed by atoms with Gasteiger partial charge in [-0.3, -0.25) is 9.59 Å². The summed E-state index contributed by atoms with van der Waals surface area (Å²) in [6.45, 7) is -0.725. The fourth-order valence-electron chi connectivity index (χ4n) is 1.96. The maximum absolute atomic E-state index is 11.5. The van der Waals surface area contributed by atoms with E-state index in [-0.39, 0.29) is 18.6 Å². The van der Waals surface area contributed by atoms with Gasteiger partial charge in [-0.15, -0.1) is 0 Å². The van der Waals surface area contributed by atoms with Gasteiger partial charge in [-0.1, -0.05) is 12.8 Å². The van der Waals surface area contributed by atoms with E-state index in [4.69, 9.17) is 10.8 Å². The summed E-state index contributed by atoms with van der Waals surface area (Å²) < 4.78 is 0. The quantitative estimate of drug-likeness (QED) is 0.426. The van der Waals surface area contributed by atoms with E-state index in [1.807, 2.05) is 0 Å². The van der Waals surface area contributed by atoms with Crippen molar-refractivity contribution in [1.82, 2.24) is 16.0 Å². The fourth-order valence-corrected chi connectivity index (χ4v) is 1.96. The lowest BCUT2D eigenvalue weighted by Crippen LogP contribution is -2.53. The number of carboxylic acids is 1. The molecule has 2 unspecified atom stereocenters. The Morgan fingerprint density at radius 2 is 1.79 bits per heavy atom. The van der Waals surface area contributed by atoms with Crippen LogP contribution in [0.25, 0.3) is 0 Å². The molecular weight excluding hydrogens is 252 g/mol. The third-order valence-electron chi connectivity index (χ3n) is 2.98. The van der Waals surface area contributed by atoms with E-state index in [0.717, 1.165) is 25.7 Å². The monoisotopic (exact) mass is 272 g/mol. The van der Waals surface area contributed by atoms with Gasteiger partial charge in [0.05, 0.1) is 6.54 Å². The molecule has 2 atom stereocenters. The number of carbonyl (C=O) groups is 3. The van der Waals surface area contributed by atoms with E-state index in [9.17, 15) is 14.4 Å². The first-order chi connectivity index (χ1) is 8.99. The summed E-state index contributed by atoms with van der Waals surface area (Å²) >= 11 is 0. The lowest BCUT2D eigenvalue weighted by atomic mass is 9.91. The number of hydrogen-bond acceptors (Lipinski definition) is 4. The van der Waals surface area contributed by atoms with Gasteiger partial charge in [0.25, 0.3) is 0 Å². The van der Waals surface area contributed by atoms with Crippen molar-refractivity contribution in [1.29, 1.82) is 0 Å². The van der Waals surface area contributed by atoms with E-state index >= 15 is 0 Å². The second kappa shape index (κ2) is 7.57. The van der Waals surface area contributed by atoms with Gasteiger partial charge in [0.1, 0.15) is 6.54 Å². The molecular formula is C11H20N4O4. The van der Waals surface area contributed by atoms with Crippen molar-refractivity contribution in [2.75, 3.05) is 13.1 Å². The van der Waals surface area contributed by atoms with Crippen molar-refractivity contribution >= 4 is 17.9 Å². The Kier molecular flexibility index (Phi) is 6.07. The minimum absolute atomic E-state index is 0.0552. The Morgan fingerprint density at radius 3 is 2.42 bits per heavy atom. The van der Waals surface area contributed by atoms with Crippen LogP contribution in [-0.2, 0) is 9.59 Å². The molecule has 1 aliphatic carbocycles. The molecule has 19 heavy (non-hydrogen) atoms. The fraction of sp³-hybridized carbons (Fsp3) is 0.727. The van der Waals surface area contributed by atoms with Crippen LogP contribution < -0.4 is 21.7 Å². The SMILES string of the molecule is NC1CCCCC1NC(=O)NCC(=O)NCC(=O)O. The smallest absolute Gasteiger partial charge is 0.322 e. The van der Waals surface area contributed by atoms with Crippen LogP contribution in [0.1, 0.15) is 25.7 Å². The number of urea groups is 1. The van der Waals surface area contributed by atoms with Crippen molar-refractivity contribution in [3.05, 3.63) is 0 Å². The molecule has 0 aliphatic heterocycles. The molecule has 0 aromatic carbocycles. The summed E-state index contributed by atoms with van der Waals surface area (Å²) in [5.41, 5.74) is 5.88. The molecule has 0 heterocycles. The van der Waals surface area contributed by atoms with Crippen LogP contribution in [0.5, 0.6) is 0 Å². The molecule has 0 bridgehead atoms. The lowest BCUT2D eigenvalue weighted by molar-refractivity contribution is -0.137. The highest BCUT2D eigenvalue weighted by molar-refractivity contribution is 5.86. The highest BCUT2D eigenvalue weighted by atomic mass is 16.4. The van der Waals surface area contributed by atoms with Gasteiger partial charge in [-0.2, -0.15) is 0 Å². The van der Waals surface area contributed by atoms with Crippen LogP contribution >= 0.6 is 0 Å². The number of nitrogens with two attached hydrogens (primary N) is 1. The summed E-state index contributed by atoms with van der Waals surface area (Å²) in [5.74, 6) is -1.68. The normalized spacial score (nSPS) is 22.4. The van der Waals surface area contributed by atoms with Gasteiger partial charge < -0.3 is 26.8 Å². The minimum atomic E-state index is -1.13. The van der Waals surface area contributed by atoms with Gasteiger partial charge in [0, 0.05) is 12.1 Å².